The molecular weight excluding hydrogens is 200 g/mol. The molecule has 0 saturated carbocycles. The molecule has 1 N–H and O–H groups in total. The van der Waals surface area contributed by atoms with E-state index >= 15 is 0 Å². The van der Waals surface area contributed by atoms with Crippen molar-refractivity contribution in [1.29, 1.82) is 0 Å². The SMILES string of the molecule is CCn1nccc1-c1ccnc2[nH]ccc12. The van der Waals surface area contributed by atoms with Gasteiger partial charge in [0.25, 0.3) is 0 Å². The molecule has 0 atom stereocenters. The summed E-state index contributed by atoms with van der Waals surface area (Å²) < 4.78 is 1.99. The molecule has 0 radical (unpaired) electrons. The van der Waals surface area contributed by atoms with Crippen molar-refractivity contribution < 1.29 is 0 Å². The molecule has 0 fully saturated rings. The maximum absolute atomic E-state index is 4.29. The molecule has 3 rings (SSSR count). The first-order chi connectivity index (χ1) is 7.90. The molecule has 4 nitrogen and oxygen atoms in total. The average molecular weight is 212 g/mol. The van der Waals surface area contributed by atoms with Crippen molar-refractivity contribution in [3.05, 3.63) is 36.8 Å². The van der Waals surface area contributed by atoms with Gasteiger partial charge in [-0.05, 0) is 25.1 Å². The Hall–Kier alpha value is -2.10. The van der Waals surface area contributed by atoms with Gasteiger partial charge < -0.3 is 4.98 Å². The van der Waals surface area contributed by atoms with E-state index in [0.29, 0.717) is 0 Å². The van der Waals surface area contributed by atoms with Gasteiger partial charge in [0.15, 0.2) is 0 Å². The number of H-pyrrole nitrogens is 1. The minimum atomic E-state index is 0.872. The molecule has 16 heavy (non-hydrogen) atoms. The van der Waals surface area contributed by atoms with Gasteiger partial charge in [0.1, 0.15) is 5.65 Å². The van der Waals surface area contributed by atoms with Gasteiger partial charge in [-0.1, -0.05) is 0 Å². The summed E-state index contributed by atoms with van der Waals surface area (Å²) in [6, 6.07) is 6.11. The van der Waals surface area contributed by atoms with Crippen molar-refractivity contribution in [2.45, 2.75) is 13.5 Å². The molecule has 3 heterocycles. The largest absolute Gasteiger partial charge is 0.346 e. The lowest BCUT2D eigenvalue weighted by Gasteiger charge is -2.05. The number of aryl methyl sites for hydroxylation is 1. The van der Waals surface area contributed by atoms with E-state index in [-0.39, 0.29) is 0 Å². The van der Waals surface area contributed by atoms with Crippen LogP contribution in [0.15, 0.2) is 36.8 Å². The molecule has 80 valence electrons. The van der Waals surface area contributed by atoms with Gasteiger partial charge in [-0.25, -0.2) is 4.98 Å². The van der Waals surface area contributed by atoms with Crippen molar-refractivity contribution in [1.82, 2.24) is 19.7 Å². The Bertz CT molecular complexity index is 621. The minimum Gasteiger partial charge on any atom is -0.346 e. The van der Waals surface area contributed by atoms with Crippen LogP contribution in [0.3, 0.4) is 0 Å². The van der Waals surface area contributed by atoms with Crippen LogP contribution in [0.5, 0.6) is 0 Å². The van der Waals surface area contributed by atoms with Gasteiger partial charge in [0, 0.05) is 36.1 Å². The molecule has 0 amide bonds. The van der Waals surface area contributed by atoms with E-state index in [0.717, 1.165) is 23.3 Å². The van der Waals surface area contributed by atoms with Gasteiger partial charge in [-0.2, -0.15) is 5.10 Å². The third-order valence-corrected chi connectivity index (χ3v) is 2.75. The van der Waals surface area contributed by atoms with Gasteiger partial charge in [0.05, 0.1) is 5.69 Å². The Balaban J connectivity index is 2.29. The van der Waals surface area contributed by atoms with Crippen molar-refractivity contribution in [2.75, 3.05) is 0 Å². The normalized spacial score (nSPS) is 11.1. The van der Waals surface area contributed by atoms with Crippen LogP contribution in [-0.4, -0.2) is 19.7 Å². The first-order valence-electron chi connectivity index (χ1n) is 5.34. The zero-order valence-electron chi connectivity index (χ0n) is 9.01. The number of rotatable bonds is 2. The van der Waals surface area contributed by atoms with Gasteiger partial charge in [-0.15, -0.1) is 0 Å². The molecule has 0 saturated heterocycles. The monoisotopic (exact) mass is 212 g/mol. The fourth-order valence-electron chi connectivity index (χ4n) is 2.00. The number of aromatic nitrogens is 4. The maximum Gasteiger partial charge on any atom is 0.137 e. The van der Waals surface area contributed by atoms with Gasteiger partial charge >= 0.3 is 0 Å². The predicted octanol–water partition coefficient (Wildman–Crippen LogP) is 2.45. The Morgan fingerprint density at radius 1 is 1.25 bits per heavy atom. The molecule has 0 aliphatic heterocycles. The topological polar surface area (TPSA) is 46.5 Å². The fraction of sp³-hybridized carbons (Fsp3) is 0.167. The van der Waals surface area contributed by atoms with Crippen LogP contribution in [-0.2, 0) is 6.54 Å². The first-order valence-corrected chi connectivity index (χ1v) is 5.34. The Morgan fingerprint density at radius 3 is 3.06 bits per heavy atom. The van der Waals surface area contributed by atoms with Crippen molar-refractivity contribution in [2.24, 2.45) is 0 Å². The second-order valence-electron chi connectivity index (χ2n) is 3.63. The lowest BCUT2D eigenvalue weighted by molar-refractivity contribution is 0.667. The van der Waals surface area contributed by atoms with E-state index in [4.69, 9.17) is 0 Å². The molecule has 0 unspecified atom stereocenters. The second-order valence-corrected chi connectivity index (χ2v) is 3.63. The summed E-state index contributed by atoms with van der Waals surface area (Å²) in [5.74, 6) is 0. The van der Waals surface area contributed by atoms with Crippen molar-refractivity contribution in [3.63, 3.8) is 0 Å². The molecule has 0 aromatic carbocycles. The highest BCUT2D eigenvalue weighted by Gasteiger charge is 2.08. The smallest absolute Gasteiger partial charge is 0.137 e. The Morgan fingerprint density at radius 2 is 2.19 bits per heavy atom. The number of pyridine rings is 1. The van der Waals surface area contributed by atoms with Crippen LogP contribution in [0.2, 0.25) is 0 Å². The standard InChI is InChI=1S/C12H12N4/c1-2-16-11(5-8-15-16)9-3-6-13-12-10(9)4-7-14-12/h3-8H,2H2,1H3,(H,13,14). The predicted molar refractivity (Wildman–Crippen MR) is 63.0 cm³/mol. The third-order valence-electron chi connectivity index (χ3n) is 2.75. The number of nitrogens with zero attached hydrogens (tertiary/aromatic N) is 3. The quantitative estimate of drug-likeness (QED) is 0.709. The average Bonchev–Trinajstić information content (AvgIpc) is 2.96. The molecule has 0 aliphatic rings. The van der Waals surface area contributed by atoms with E-state index in [1.54, 1.807) is 0 Å². The summed E-state index contributed by atoms with van der Waals surface area (Å²) in [5, 5.41) is 5.43. The molecule has 0 bridgehead atoms. The van der Waals surface area contributed by atoms with Gasteiger partial charge in [0.2, 0.25) is 0 Å². The van der Waals surface area contributed by atoms with E-state index in [9.17, 15) is 0 Å². The first kappa shape index (κ1) is 9.15. The maximum atomic E-state index is 4.29. The molecule has 3 aromatic rings. The van der Waals surface area contributed by atoms with E-state index in [1.807, 2.05) is 41.5 Å². The molecule has 3 aromatic heterocycles. The summed E-state index contributed by atoms with van der Waals surface area (Å²) in [6.45, 7) is 2.96. The van der Waals surface area contributed by atoms with Crippen LogP contribution in [0, 0.1) is 0 Å². The van der Waals surface area contributed by atoms with Gasteiger partial charge in [-0.3, -0.25) is 4.68 Å². The van der Waals surface area contributed by atoms with Crippen molar-refractivity contribution >= 4 is 11.0 Å². The summed E-state index contributed by atoms with van der Waals surface area (Å²) in [6.07, 6.45) is 5.56. The lowest BCUT2D eigenvalue weighted by Crippen LogP contribution is -1.98. The van der Waals surface area contributed by atoms with Crippen molar-refractivity contribution in [3.8, 4) is 11.3 Å². The molecule has 0 spiro atoms. The molecular formula is C12H12N4. The second kappa shape index (κ2) is 3.48. The van der Waals surface area contributed by atoms with E-state index < -0.39 is 0 Å². The Kier molecular flexibility index (Phi) is 1.99. The molecule has 0 aliphatic carbocycles. The van der Waals surface area contributed by atoms with Crippen LogP contribution in [0.25, 0.3) is 22.3 Å². The lowest BCUT2D eigenvalue weighted by atomic mass is 10.1. The number of hydrogen-bond acceptors (Lipinski definition) is 2. The number of nitrogens with one attached hydrogen (secondary N) is 1. The van der Waals surface area contributed by atoms with E-state index in [2.05, 4.69) is 22.0 Å². The summed E-state index contributed by atoms with van der Waals surface area (Å²) in [5.41, 5.74) is 3.22. The highest BCUT2D eigenvalue weighted by molar-refractivity contribution is 5.91. The van der Waals surface area contributed by atoms with Crippen LogP contribution in [0.4, 0.5) is 0 Å². The summed E-state index contributed by atoms with van der Waals surface area (Å²) >= 11 is 0. The van der Waals surface area contributed by atoms with Crippen LogP contribution >= 0.6 is 0 Å². The number of aromatic amines is 1. The van der Waals surface area contributed by atoms with Crippen LogP contribution in [0.1, 0.15) is 6.92 Å². The third kappa shape index (κ3) is 1.23. The number of fused-ring (bicyclic) bond motifs is 1. The zero-order chi connectivity index (χ0) is 11.0. The van der Waals surface area contributed by atoms with Crippen LogP contribution < -0.4 is 0 Å². The van der Waals surface area contributed by atoms with E-state index in [1.165, 1.54) is 5.56 Å². The summed E-state index contributed by atoms with van der Waals surface area (Å²) in [4.78, 5) is 7.40. The zero-order valence-corrected chi connectivity index (χ0v) is 9.01. The highest BCUT2D eigenvalue weighted by Crippen LogP contribution is 2.26. The minimum absolute atomic E-state index is 0.872. The summed E-state index contributed by atoms with van der Waals surface area (Å²) in [7, 11) is 0. The fourth-order valence-corrected chi connectivity index (χ4v) is 2.00. The Labute approximate surface area is 92.9 Å². The highest BCUT2D eigenvalue weighted by atomic mass is 15.3. The number of hydrogen-bond donors (Lipinski definition) is 1. The molecule has 4 heteroatoms.